The molecule has 0 amide bonds. The second-order valence-electron chi connectivity index (χ2n) is 2.81. The Morgan fingerprint density at radius 1 is 1.08 bits per heavy atom. The molecule has 0 aliphatic carbocycles. The van der Waals surface area contributed by atoms with Crippen LogP contribution in [0.1, 0.15) is 0 Å². The second-order valence-corrected chi connectivity index (χ2v) is 3.25. The number of halogens is 1. The van der Waals surface area contributed by atoms with Gasteiger partial charge in [0.25, 0.3) is 0 Å². The van der Waals surface area contributed by atoms with Gasteiger partial charge in [-0.3, -0.25) is 0 Å². The number of hydrogen-bond donors (Lipinski definition) is 2. The van der Waals surface area contributed by atoms with Crippen LogP contribution in [0.25, 0.3) is 11.1 Å². The first-order valence-electron chi connectivity index (χ1n) is 3.96. The van der Waals surface area contributed by atoms with Crippen molar-refractivity contribution in [2.75, 3.05) is 5.73 Å². The van der Waals surface area contributed by atoms with Gasteiger partial charge in [0.2, 0.25) is 0 Å². The minimum Gasteiger partial charge on any atom is -0.385 e. The first kappa shape index (κ1) is 8.20. The topological polar surface area (TPSA) is 41.8 Å². The third-order valence-electron chi connectivity index (χ3n) is 1.93. The second kappa shape index (κ2) is 3.15. The van der Waals surface area contributed by atoms with E-state index in [1.54, 1.807) is 0 Å². The lowest BCUT2D eigenvalue weighted by molar-refractivity contribution is 1.42. The highest BCUT2D eigenvalue weighted by molar-refractivity contribution is 6.30. The van der Waals surface area contributed by atoms with Crippen molar-refractivity contribution in [3.8, 4) is 11.1 Å². The fraction of sp³-hybridized carbons (Fsp3) is 0. The van der Waals surface area contributed by atoms with Gasteiger partial charge in [-0.1, -0.05) is 23.7 Å². The average molecular weight is 193 g/mol. The van der Waals surface area contributed by atoms with Crippen molar-refractivity contribution in [1.82, 2.24) is 4.98 Å². The van der Waals surface area contributed by atoms with Crippen LogP contribution < -0.4 is 5.73 Å². The summed E-state index contributed by atoms with van der Waals surface area (Å²) in [7, 11) is 0. The zero-order valence-corrected chi connectivity index (χ0v) is 7.68. The lowest BCUT2D eigenvalue weighted by Gasteiger charge is -1.99. The Morgan fingerprint density at radius 3 is 2.31 bits per heavy atom. The number of hydrogen-bond acceptors (Lipinski definition) is 1. The van der Waals surface area contributed by atoms with Crippen LogP contribution in [-0.4, -0.2) is 4.98 Å². The number of anilines is 1. The maximum Gasteiger partial charge on any atom is 0.108 e. The van der Waals surface area contributed by atoms with Gasteiger partial charge in [0.1, 0.15) is 5.82 Å². The van der Waals surface area contributed by atoms with Crippen molar-refractivity contribution in [3.05, 3.63) is 41.6 Å². The SMILES string of the molecule is Nc1[nH]ccc1-c1ccc(Cl)cc1. The molecule has 0 saturated heterocycles. The van der Waals surface area contributed by atoms with E-state index in [0.717, 1.165) is 16.1 Å². The van der Waals surface area contributed by atoms with Gasteiger partial charge in [0.05, 0.1) is 0 Å². The molecule has 1 heterocycles. The van der Waals surface area contributed by atoms with Gasteiger partial charge in [-0.05, 0) is 23.8 Å². The zero-order chi connectivity index (χ0) is 9.26. The molecular formula is C10H9ClN2. The van der Waals surface area contributed by atoms with Crippen LogP contribution in [-0.2, 0) is 0 Å². The number of H-pyrrole nitrogens is 1. The molecular weight excluding hydrogens is 184 g/mol. The molecule has 0 atom stereocenters. The van der Waals surface area contributed by atoms with Crippen LogP contribution in [0.15, 0.2) is 36.5 Å². The first-order valence-corrected chi connectivity index (χ1v) is 4.34. The summed E-state index contributed by atoms with van der Waals surface area (Å²) >= 11 is 5.77. The Labute approximate surface area is 81.3 Å². The molecule has 0 aliphatic heterocycles. The van der Waals surface area contributed by atoms with Gasteiger partial charge in [-0.2, -0.15) is 0 Å². The summed E-state index contributed by atoms with van der Waals surface area (Å²) in [5, 5.41) is 0.734. The van der Waals surface area contributed by atoms with Crippen LogP contribution in [0.3, 0.4) is 0 Å². The number of nitrogen functional groups attached to an aromatic ring is 1. The molecule has 13 heavy (non-hydrogen) atoms. The molecule has 3 N–H and O–H groups in total. The average Bonchev–Trinajstić information content (AvgIpc) is 2.53. The fourth-order valence-corrected chi connectivity index (χ4v) is 1.39. The third-order valence-corrected chi connectivity index (χ3v) is 2.19. The van der Waals surface area contributed by atoms with E-state index in [-0.39, 0.29) is 0 Å². The Morgan fingerprint density at radius 2 is 1.77 bits per heavy atom. The predicted octanol–water partition coefficient (Wildman–Crippen LogP) is 2.92. The predicted molar refractivity (Wildman–Crippen MR) is 55.7 cm³/mol. The zero-order valence-electron chi connectivity index (χ0n) is 6.92. The fourth-order valence-electron chi connectivity index (χ4n) is 1.26. The lowest BCUT2D eigenvalue weighted by Crippen LogP contribution is -1.86. The summed E-state index contributed by atoms with van der Waals surface area (Å²) in [6.45, 7) is 0. The summed E-state index contributed by atoms with van der Waals surface area (Å²) in [6, 6.07) is 9.54. The van der Waals surface area contributed by atoms with Gasteiger partial charge in [-0.25, -0.2) is 0 Å². The van der Waals surface area contributed by atoms with E-state index in [2.05, 4.69) is 4.98 Å². The summed E-state index contributed by atoms with van der Waals surface area (Å²) in [4.78, 5) is 2.93. The number of rotatable bonds is 1. The maximum absolute atomic E-state index is 5.77. The minimum absolute atomic E-state index is 0.683. The van der Waals surface area contributed by atoms with Crippen molar-refractivity contribution in [3.63, 3.8) is 0 Å². The molecule has 0 spiro atoms. The summed E-state index contributed by atoms with van der Waals surface area (Å²) in [6.07, 6.45) is 1.82. The summed E-state index contributed by atoms with van der Waals surface area (Å²) < 4.78 is 0. The molecule has 1 aromatic heterocycles. The molecule has 3 heteroatoms. The van der Waals surface area contributed by atoms with Gasteiger partial charge in [-0.15, -0.1) is 0 Å². The van der Waals surface area contributed by atoms with E-state index in [1.807, 2.05) is 36.5 Å². The van der Waals surface area contributed by atoms with E-state index in [4.69, 9.17) is 17.3 Å². The van der Waals surface area contributed by atoms with E-state index < -0.39 is 0 Å². The molecule has 0 bridgehead atoms. The quantitative estimate of drug-likeness (QED) is 0.717. The van der Waals surface area contributed by atoms with Gasteiger partial charge in [0, 0.05) is 16.8 Å². The molecule has 0 aliphatic rings. The van der Waals surface area contributed by atoms with Crippen LogP contribution in [0.2, 0.25) is 5.02 Å². The van der Waals surface area contributed by atoms with E-state index in [9.17, 15) is 0 Å². The Hall–Kier alpha value is -1.41. The highest BCUT2D eigenvalue weighted by Crippen LogP contribution is 2.25. The minimum atomic E-state index is 0.683. The molecule has 66 valence electrons. The monoisotopic (exact) mass is 192 g/mol. The van der Waals surface area contributed by atoms with E-state index in [1.165, 1.54) is 0 Å². The summed E-state index contributed by atoms with van der Waals surface area (Å²) in [5.74, 6) is 0.683. The van der Waals surface area contributed by atoms with Crippen molar-refractivity contribution in [2.24, 2.45) is 0 Å². The number of aromatic amines is 1. The van der Waals surface area contributed by atoms with Crippen molar-refractivity contribution in [1.29, 1.82) is 0 Å². The highest BCUT2D eigenvalue weighted by Gasteiger charge is 2.01. The van der Waals surface area contributed by atoms with E-state index >= 15 is 0 Å². The van der Waals surface area contributed by atoms with Crippen LogP contribution in [0.5, 0.6) is 0 Å². The molecule has 0 unspecified atom stereocenters. The Balaban J connectivity index is 2.47. The number of nitrogens with two attached hydrogens (primary N) is 1. The van der Waals surface area contributed by atoms with Gasteiger partial charge < -0.3 is 10.7 Å². The summed E-state index contributed by atoms with van der Waals surface area (Å²) in [5.41, 5.74) is 7.81. The van der Waals surface area contributed by atoms with Gasteiger partial charge in [0.15, 0.2) is 0 Å². The smallest absolute Gasteiger partial charge is 0.108 e. The van der Waals surface area contributed by atoms with Crippen LogP contribution in [0.4, 0.5) is 5.82 Å². The molecule has 0 radical (unpaired) electrons. The standard InChI is InChI=1S/C10H9ClN2/c11-8-3-1-7(2-4-8)9-5-6-13-10(9)12/h1-6,13H,12H2. The lowest BCUT2D eigenvalue weighted by atomic mass is 10.1. The number of nitrogens with one attached hydrogen (secondary N) is 1. The number of aromatic nitrogens is 1. The molecule has 0 fully saturated rings. The highest BCUT2D eigenvalue weighted by atomic mass is 35.5. The number of benzene rings is 1. The Bertz CT molecular complexity index is 403. The Kier molecular flexibility index (Phi) is 1.99. The molecule has 0 saturated carbocycles. The molecule has 2 nitrogen and oxygen atoms in total. The van der Waals surface area contributed by atoms with Crippen molar-refractivity contribution >= 4 is 17.4 Å². The third kappa shape index (κ3) is 1.53. The van der Waals surface area contributed by atoms with Crippen molar-refractivity contribution in [2.45, 2.75) is 0 Å². The maximum atomic E-state index is 5.77. The normalized spacial score (nSPS) is 10.2. The van der Waals surface area contributed by atoms with Crippen LogP contribution in [0, 0.1) is 0 Å². The van der Waals surface area contributed by atoms with E-state index in [0.29, 0.717) is 5.82 Å². The molecule has 2 aromatic rings. The van der Waals surface area contributed by atoms with Crippen molar-refractivity contribution < 1.29 is 0 Å². The van der Waals surface area contributed by atoms with Gasteiger partial charge >= 0.3 is 0 Å². The van der Waals surface area contributed by atoms with Crippen LogP contribution >= 0.6 is 11.6 Å². The molecule has 1 aromatic carbocycles. The largest absolute Gasteiger partial charge is 0.385 e. The molecule has 2 rings (SSSR count). The first-order chi connectivity index (χ1) is 6.27.